The van der Waals surface area contributed by atoms with Gasteiger partial charge >= 0.3 is 0 Å². The topological polar surface area (TPSA) is 20.2 Å². The Kier molecular flexibility index (Phi) is 2.65. The maximum atomic E-state index is 9.39. The van der Waals surface area contributed by atoms with E-state index in [1.54, 1.807) is 0 Å². The molecule has 1 atom stereocenters. The minimum absolute atomic E-state index is 0.152. The summed E-state index contributed by atoms with van der Waals surface area (Å²) in [6.07, 6.45) is 0. The monoisotopic (exact) mass is 152 g/mol. The summed E-state index contributed by atoms with van der Waals surface area (Å²) in [5.74, 6) is 0. The average Bonchev–Trinajstić information content (AvgIpc) is 2.05. The summed E-state index contributed by atoms with van der Waals surface area (Å²) in [4.78, 5) is 0. The molecule has 0 saturated heterocycles. The molecule has 2 heteroatoms. The standard InChI is InChI=1S/C8H12OSi/c1-10-8(9)7-5-3-2-4-6-7/h2-6,8-9H,10H2,1H3. The van der Waals surface area contributed by atoms with Gasteiger partial charge in [-0.15, -0.1) is 0 Å². The van der Waals surface area contributed by atoms with Crippen LogP contribution in [-0.2, 0) is 0 Å². The van der Waals surface area contributed by atoms with Crippen LogP contribution in [0.3, 0.4) is 0 Å². The Morgan fingerprint density at radius 1 is 1.30 bits per heavy atom. The summed E-state index contributed by atoms with van der Waals surface area (Å²) >= 11 is 0. The Labute approximate surface area is 63.5 Å². The van der Waals surface area contributed by atoms with Gasteiger partial charge in [-0.3, -0.25) is 0 Å². The van der Waals surface area contributed by atoms with Gasteiger partial charge in [-0.25, -0.2) is 0 Å². The maximum absolute atomic E-state index is 9.39. The fourth-order valence-corrected chi connectivity index (χ4v) is 1.65. The van der Waals surface area contributed by atoms with Crippen molar-refractivity contribution in [1.29, 1.82) is 0 Å². The zero-order valence-electron chi connectivity index (χ0n) is 6.12. The summed E-state index contributed by atoms with van der Waals surface area (Å²) in [6, 6.07) is 9.83. The lowest BCUT2D eigenvalue weighted by atomic mass is 10.2. The normalized spacial score (nSPS) is 14.2. The van der Waals surface area contributed by atoms with E-state index in [0.29, 0.717) is 0 Å². The first-order valence-electron chi connectivity index (χ1n) is 3.57. The Balaban J connectivity index is 2.75. The zero-order chi connectivity index (χ0) is 7.40. The van der Waals surface area contributed by atoms with Crippen molar-refractivity contribution < 1.29 is 5.11 Å². The van der Waals surface area contributed by atoms with Crippen molar-refractivity contribution >= 4 is 9.52 Å². The third-order valence-corrected chi connectivity index (χ3v) is 2.82. The SMILES string of the molecule is C[SiH2]C(O)c1ccccc1. The maximum Gasteiger partial charge on any atom is 0.0620 e. The van der Waals surface area contributed by atoms with Crippen LogP contribution in [0, 0.1) is 0 Å². The molecule has 1 aromatic carbocycles. The molecule has 54 valence electrons. The van der Waals surface area contributed by atoms with E-state index in [1.165, 1.54) is 0 Å². The third kappa shape index (κ3) is 1.69. The highest BCUT2D eigenvalue weighted by Gasteiger charge is 2.01. The molecule has 1 nitrogen and oxygen atoms in total. The average molecular weight is 152 g/mol. The first-order chi connectivity index (χ1) is 4.84. The van der Waals surface area contributed by atoms with E-state index in [9.17, 15) is 5.11 Å². The largest absolute Gasteiger partial charge is 0.393 e. The second kappa shape index (κ2) is 3.54. The molecule has 0 fully saturated rings. The van der Waals surface area contributed by atoms with Crippen molar-refractivity contribution in [3.05, 3.63) is 35.9 Å². The Morgan fingerprint density at radius 3 is 2.40 bits per heavy atom. The van der Waals surface area contributed by atoms with Crippen LogP contribution in [-0.4, -0.2) is 14.6 Å². The van der Waals surface area contributed by atoms with Crippen LogP contribution in [0.1, 0.15) is 11.3 Å². The minimum Gasteiger partial charge on any atom is -0.393 e. The molecule has 0 aliphatic rings. The number of hydrogen-bond donors (Lipinski definition) is 1. The third-order valence-electron chi connectivity index (χ3n) is 1.57. The Bertz CT molecular complexity index is 186. The molecule has 0 aromatic heterocycles. The van der Waals surface area contributed by atoms with Crippen LogP contribution in [0.5, 0.6) is 0 Å². The Hall–Kier alpha value is -0.603. The highest BCUT2D eigenvalue weighted by molar-refractivity contribution is 6.35. The van der Waals surface area contributed by atoms with Crippen LogP contribution in [0.4, 0.5) is 0 Å². The van der Waals surface area contributed by atoms with Gasteiger partial charge in [0.2, 0.25) is 0 Å². The van der Waals surface area contributed by atoms with Gasteiger partial charge in [0.05, 0.1) is 15.2 Å². The molecule has 1 rings (SSSR count). The summed E-state index contributed by atoms with van der Waals surface area (Å²) in [6.45, 7) is 2.11. The van der Waals surface area contributed by atoms with Gasteiger partial charge in [-0.05, 0) is 5.56 Å². The van der Waals surface area contributed by atoms with E-state index < -0.39 is 0 Å². The highest BCUT2D eigenvalue weighted by atomic mass is 28.2. The summed E-state index contributed by atoms with van der Waals surface area (Å²) < 4.78 is 0. The quantitative estimate of drug-likeness (QED) is 0.624. The molecule has 1 unspecified atom stereocenters. The van der Waals surface area contributed by atoms with Crippen LogP contribution < -0.4 is 0 Å². The van der Waals surface area contributed by atoms with Crippen LogP contribution in [0.2, 0.25) is 6.55 Å². The number of rotatable bonds is 2. The van der Waals surface area contributed by atoms with E-state index >= 15 is 0 Å². The van der Waals surface area contributed by atoms with Gasteiger partial charge in [0.15, 0.2) is 0 Å². The predicted molar refractivity (Wildman–Crippen MR) is 45.8 cm³/mol. The lowest BCUT2D eigenvalue weighted by Gasteiger charge is -2.05. The fourth-order valence-electron chi connectivity index (χ4n) is 0.911. The molecule has 0 aliphatic carbocycles. The minimum atomic E-state index is -0.304. The fraction of sp³-hybridized carbons (Fsp3) is 0.250. The first-order valence-corrected chi connectivity index (χ1v) is 5.80. The van der Waals surface area contributed by atoms with Gasteiger partial charge in [0.1, 0.15) is 0 Å². The van der Waals surface area contributed by atoms with Gasteiger partial charge in [0.25, 0.3) is 0 Å². The van der Waals surface area contributed by atoms with E-state index in [0.717, 1.165) is 5.56 Å². The molecular formula is C8H12OSi. The molecular weight excluding hydrogens is 140 g/mol. The first kappa shape index (κ1) is 7.50. The van der Waals surface area contributed by atoms with Gasteiger partial charge in [-0.2, -0.15) is 0 Å². The van der Waals surface area contributed by atoms with Gasteiger partial charge in [0, 0.05) is 0 Å². The molecule has 0 bridgehead atoms. The molecule has 0 radical (unpaired) electrons. The molecule has 0 spiro atoms. The van der Waals surface area contributed by atoms with E-state index in [1.807, 2.05) is 30.3 Å². The molecule has 1 N–H and O–H groups in total. The molecule has 1 aromatic rings. The number of aliphatic hydroxyl groups is 1. The van der Waals surface area contributed by atoms with E-state index in [-0.39, 0.29) is 15.2 Å². The molecule has 10 heavy (non-hydrogen) atoms. The van der Waals surface area contributed by atoms with Crippen LogP contribution in [0.15, 0.2) is 30.3 Å². The van der Waals surface area contributed by atoms with E-state index in [2.05, 4.69) is 6.55 Å². The summed E-state index contributed by atoms with van der Waals surface area (Å²) in [5.41, 5.74) is 0.915. The highest BCUT2D eigenvalue weighted by Crippen LogP contribution is 2.09. The van der Waals surface area contributed by atoms with E-state index in [4.69, 9.17) is 0 Å². The van der Waals surface area contributed by atoms with Gasteiger partial charge < -0.3 is 5.11 Å². The molecule has 0 heterocycles. The van der Waals surface area contributed by atoms with Gasteiger partial charge in [-0.1, -0.05) is 36.9 Å². The Morgan fingerprint density at radius 2 is 1.90 bits per heavy atom. The molecule has 0 amide bonds. The van der Waals surface area contributed by atoms with Crippen LogP contribution >= 0.6 is 0 Å². The van der Waals surface area contributed by atoms with Crippen molar-refractivity contribution in [3.63, 3.8) is 0 Å². The van der Waals surface area contributed by atoms with Crippen LogP contribution in [0.25, 0.3) is 0 Å². The number of aliphatic hydroxyl groups excluding tert-OH is 1. The molecule has 0 saturated carbocycles. The molecule has 0 aliphatic heterocycles. The lowest BCUT2D eigenvalue weighted by molar-refractivity contribution is 0.258. The zero-order valence-corrected chi connectivity index (χ0v) is 7.53. The number of benzene rings is 1. The number of hydrogen-bond acceptors (Lipinski definition) is 1. The van der Waals surface area contributed by atoms with Crippen molar-refractivity contribution in [1.82, 2.24) is 0 Å². The summed E-state index contributed by atoms with van der Waals surface area (Å²) in [7, 11) is -0.304. The summed E-state index contributed by atoms with van der Waals surface area (Å²) in [5, 5.41) is 9.39. The lowest BCUT2D eigenvalue weighted by Crippen LogP contribution is -2.02. The van der Waals surface area contributed by atoms with Crippen molar-refractivity contribution in [2.45, 2.75) is 12.3 Å². The van der Waals surface area contributed by atoms with Crippen molar-refractivity contribution in [2.75, 3.05) is 0 Å². The van der Waals surface area contributed by atoms with Crippen molar-refractivity contribution in [3.8, 4) is 0 Å². The van der Waals surface area contributed by atoms with Crippen molar-refractivity contribution in [2.24, 2.45) is 0 Å². The predicted octanol–water partition coefficient (Wildman–Crippen LogP) is 0.894. The smallest absolute Gasteiger partial charge is 0.0620 e. The second-order valence-electron chi connectivity index (χ2n) is 2.33. The second-order valence-corrected chi connectivity index (χ2v) is 3.92.